The van der Waals surface area contributed by atoms with Gasteiger partial charge in [-0.25, -0.2) is 9.18 Å². The second kappa shape index (κ2) is 7.16. The summed E-state index contributed by atoms with van der Waals surface area (Å²) in [7, 11) is 0. The molecule has 0 bridgehead atoms. The van der Waals surface area contributed by atoms with Gasteiger partial charge in [-0.2, -0.15) is 0 Å². The molecule has 1 aliphatic heterocycles. The summed E-state index contributed by atoms with van der Waals surface area (Å²) in [5.41, 5.74) is 0.163. The number of anilines is 1. The standard InChI is InChI=1S/C17H18FN3O3/c18-13-4-1-2-5-14(13)20-17(23)21-9-7-12(8-10-21)19-16(22)15-6-3-11-24-15/h1-6,11-12H,7-10H2,(H,19,22)(H,20,23). The Labute approximate surface area is 138 Å². The minimum atomic E-state index is -0.466. The zero-order valence-electron chi connectivity index (χ0n) is 13.0. The maximum atomic E-state index is 13.6. The SMILES string of the molecule is O=C(NC1CCN(C(=O)Nc2ccccc2F)CC1)c1ccco1. The lowest BCUT2D eigenvalue weighted by molar-refractivity contribution is 0.0891. The van der Waals surface area contributed by atoms with E-state index in [0.29, 0.717) is 25.9 Å². The monoisotopic (exact) mass is 331 g/mol. The first-order chi connectivity index (χ1) is 11.6. The highest BCUT2D eigenvalue weighted by molar-refractivity contribution is 5.91. The molecule has 2 heterocycles. The van der Waals surface area contributed by atoms with E-state index in [-0.39, 0.29) is 29.4 Å². The van der Waals surface area contributed by atoms with Gasteiger partial charge < -0.3 is 20.0 Å². The summed E-state index contributed by atoms with van der Waals surface area (Å²) < 4.78 is 18.6. The molecule has 1 fully saturated rings. The van der Waals surface area contributed by atoms with Crippen LogP contribution < -0.4 is 10.6 Å². The summed E-state index contributed by atoms with van der Waals surface area (Å²) in [5.74, 6) is -0.449. The van der Waals surface area contributed by atoms with Gasteiger partial charge in [-0.05, 0) is 37.1 Å². The molecule has 6 nitrogen and oxygen atoms in total. The number of likely N-dealkylation sites (tertiary alicyclic amines) is 1. The Hall–Kier alpha value is -2.83. The first kappa shape index (κ1) is 16.0. The number of urea groups is 1. The topological polar surface area (TPSA) is 74.6 Å². The van der Waals surface area contributed by atoms with E-state index in [1.54, 1.807) is 29.2 Å². The molecule has 126 valence electrons. The van der Waals surface area contributed by atoms with Crippen LogP contribution in [-0.4, -0.2) is 36.0 Å². The normalized spacial score (nSPS) is 15.1. The van der Waals surface area contributed by atoms with Crippen molar-refractivity contribution in [1.29, 1.82) is 0 Å². The third-order valence-electron chi connectivity index (χ3n) is 3.98. The van der Waals surface area contributed by atoms with Crippen molar-refractivity contribution in [1.82, 2.24) is 10.2 Å². The van der Waals surface area contributed by atoms with Gasteiger partial charge in [0, 0.05) is 19.1 Å². The van der Waals surface area contributed by atoms with E-state index in [4.69, 9.17) is 4.42 Å². The molecule has 7 heteroatoms. The molecule has 0 atom stereocenters. The van der Waals surface area contributed by atoms with E-state index in [9.17, 15) is 14.0 Å². The Balaban J connectivity index is 1.49. The molecule has 0 aliphatic carbocycles. The van der Waals surface area contributed by atoms with Crippen molar-refractivity contribution in [2.24, 2.45) is 0 Å². The smallest absolute Gasteiger partial charge is 0.321 e. The Morgan fingerprint density at radius 3 is 2.54 bits per heavy atom. The third-order valence-corrected chi connectivity index (χ3v) is 3.98. The van der Waals surface area contributed by atoms with Gasteiger partial charge in [0.1, 0.15) is 5.82 Å². The lowest BCUT2D eigenvalue weighted by Gasteiger charge is -2.32. The van der Waals surface area contributed by atoms with E-state index in [2.05, 4.69) is 10.6 Å². The molecule has 1 saturated heterocycles. The van der Waals surface area contributed by atoms with Crippen molar-refractivity contribution in [3.05, 3.63) is 54.2 Å². The summed E-state index contributed by atoms with van der Waals surface area (Å²) >= 11 is 0. The van der Waals surface area contributed by atoms with E-state index < -0.39 is 5.82 Å². The largest absolute Gasteiger partial charge is 0.459 e. The van der Waals surface area contributed by atoms with Gasteiger partial charge in [0.25, 0.3) is 5.91 Å². The predicted octanol–water partition coefficient (Wildman–Crippen LogP) is 2.85. The first-order valence-corrected chi connectivity index (χ1v) is 7.78. The van der Waals surface area contributed by atoms with E-state index in [1.807, 2.05) is 0 Å². The van der Waals surface area contributed by atoms with Crippen LogP contribution in [0.5, 0.6) is 0 Å². The van der Waals surface area contributed by atoms with Gasteiger partial charge in [0.2, 0.25) is 0 Å². The van der Waals surface area contributed by atoms with Gasteiger partial charge in [-0.3, -0.25) is 4.79 Å². The van der Waals surface area contributed by atoms with Crippen molar-refractivity contribution in [3.63, 3.8) is 0 Å². The highest BCUT2D eigenvalue weighted by Crippen LogP contribution is 2.16. The lowest BCUT2D eigenvalue weighted by Crippen LogP contribution is -2.47. The maximum Gasteiger partial charge on any atom is 0.321 e. The van der Waals surface area contributed by atoms with Crippen molar-refractivity contribution < 1.29 is 18.4 Å². The second-order valence-electron chi connectivity index (χ2n) is 5.62. The molecule has 1 aromatic heterocycles. The minimum Gasteiger partial charge on any atom is -0.459 e. The van der Waals surface area contributed by atoms with Crippen LogP contribution in [0.15, 0.2) is 47.1 Å². The van der Waals surface area contributed by atoms with Crippen molar-refractivity contribution in [2.45, 2.75) is 18.9 Å². The average molecular weight is 331 g/mol. The molecule has 2 aromatic rings. The molecule has 1 aliphatic rings. The number of rotatable bonds is 3. The number of piperidine rings is 1. The quantitative estimate of drug-likeness (QED) is 0.908. The van der Waals surface area contributed by atoms with Crippen LogP contribution in [0.3, 0.4) is 0 Å². The van der Waals surface area contributed by atoms with Crippen LogP contribution in [0.1, 0.15) is 23.4 Å². The predicted molar refractivity (Wildman–Crippen MR) is 86.2 cm³/mol. The van der Waals surface area contributed by atoms with Crippen molar-refractivity contribution in [2.75, 3.05) is 18.4 Å². The number of hydrogen-bond donors (Lipinski definition) is 2. The molecule has 0 unspecified atom stereocenters. The molecule has 2 N–H and O–H groups in total. The van der Waals surface area contributed by atoms with E-state index in [0.717, 1.165) is 0 Å². The van der Waals surface area contributed by atoms with Crippen molar-refractivity contribution >= 4 is 17.6 Å². The number of halogens is 1. The molecular weight excluding hydrogens is 313 g/mol. The number of para-hydroxylation sites is 1. The van der Waals surface area contributed by atoms with Gasteiger partial charge in [0.05, 0.1) is 12.0 Å². The highest BCUT2D eigenvalue weighted by Gasteiger charge is 2.25. The molecule has 1 aromatic carbocycles. The number of nitrogens with zero attached hydrogens (tertiary/aromatic N) is 1. The number of nitrogens with one attached hydrogen (secondary N) is 2. The molecule has 0 spiro atoms. The number of carbonyl (C=O) groups excluding carboxylic acids is 2. The number of benzene rings is 1. The molecule has 0 saturated carbocycles. The van der Waals surface area contributed by atoms with E-state index in [1.165, 1.54) is 18.4 Å². The first-order valence-electron chi connectivity index (χ1n) is 7.78. The molecule has 24 heavy (non-hydrogen) atoms. The lowest BCUT2D eigenvalue weighted by atomic mass is 10.1. The summed E-state index contributed by atoms with van der Waals surface area (Å²) in [6.07, 6.45) is 2.72. The fourth-order valence-corrected chi connectivity index (χ4v) is 2.65. The Morgan fingerprint density at radius 1 is 1.12 bits per heavy atom. The molecule has 3 amide bonds. The third kappa shape index (κ3) is 3.73. The van der Waals surface area contributed by atoms with Crippen LogP contribution >= 0.6 is 0 Å². The van der Waals surface area contributed by atoms with Gasteiger partial charge >= 0.3 is 6.03 Å². The number of amides is 3. The van der Waals surface area contributed by atoms with Crippen LogP contribution in [-0.2, 0) is 0 Å². The van der Waals surface area contributed by atoms with Crippen LogP contribution in [0.25, 0.3) is 0 Å². The van der Waals surface area contributed by atoms with Gasteiger partial charge in [-0.15, -0.1) is 0 Å². The zero-order valence-corrected chi connectivity index (χ0v) is 13.0. The van der Waals surface area contributed by atoms with E-state index >= 15 is 0 Å². The average Bonchev–Trinajstić information content (AvgIpc) is 3.12. The summed E-state index contributed by atoms with van der Waals surface area (Å²) in [4.78, 5) is 25.7. The minimum absolute atomic E-state index is 0.0138. The van der Waals surface area contributed by atoms with Crippen LogP contribution in [0, 0.1) is 5.82 Å². The fraction of sp³-hybridized carbons (Fsp3) is 0.294. The second-order valence-corrected chi connectivity index (χ2v) is 5.62. The Bertz CT molecular complexity index is 710. The van der Waals surface area contributed by atoms with Gasteiger partial charge in [0.15, 0.2) is 5.76 Å². The molecule has 3 rings (SSSR count). The highest BCUT2D eigenvalue weighted by atomic mass is 19.1. The number of furan rings is 1. The number of carbonyl (C=O) groups is 2. The maximum absolute atomic E-state index is 13.6. The molecule has 0 radical (unpaired) electrons. The summed E-state index contributed by atoms with van der Waals surface area (Å²) in [6.45, 7) is 0.979. The summed E-state index contributed by atoms with van der Waals surface area (Å²) in [5, 5.41) is 5.46. The fourth-order valence-electron chi connectivity index (χ4n) is 2.65. The van der Waals surface area contributed by atoms with Crippen LogP contribution in [0.4, 0.5) is 14.9 Å². The van der Waals surface area contributed by atoms with Crippen molar-refractivity contribution in [3.8, 4) is 0 Å². The zero-order chi connectivity index (χ0) is 16.9. The summed E-state index contributed by atoms with van der Waals surface area (Å²) in [6, 6.07) is 8.95. The Kier molecular flexibility index (Phi) is 4.79. The number of hydrogen-bond acceptors (Lipinski definition) is 3. The van der Waals surface area contributed by atoms with Crippen LogP contribution in [0.2, 0.25) is 0 Å². The molecular formula is C17H18FN3O3. The van der Waals surface area contributed by atoms with Gasteiger partial charge in [-0.1, -0.05) is 12.1 Å². The Morgan fingerprint density at radius 2 is 1.88 bits per heavy atom.